The standard InChI is InChI=1S/C14H15NO2/c16-10-15-14(6-2-7-14)13-4-1-3-11-9-17-8-5-12(11)13/h1,3-4H,2,5-9H2. The summed E-state index contributed by atoms with van der Waals surface area (Å²) in [6.07, 6.45) is 5.78. The second kappa shape index (κ2) is 4.10. The van der Waals surface area contributed by atoms with Crippen molar-refractivity contribution in [3.05, 3.63) is 34.9 Å². The maximum absolute atomic E-state index is 10.6. The molecule has 0 bridgehead atoms. The van der Waals surface area contributed by atoms with Gasteiger partial charge in [-0.15, -0.1) is 0 Å². The van der Waals surface area contributed by atoms with Crippen molar-refractivity contribution < 1.29 is 9.53 Å². The van der Waals surface area contributed by atoms with Crippen molar-refractivity contribution in [1.29, 1.82) is 0 Å². The molecule has 0 radical (unpaired) electrons. The predicted molar refractivity (Wildman–Crippen MR) is 63.5 cm³/mol. The molecule has 0 saturated heterocycles. The Labute approximate surface area is 101 Å². The summed E-state index contributed by atoms with van der Waals surface area (Å²) in [6.45, 7) is 1.45. The average molecular weight is 229 g/mol. The molecular weight excluding hydrogens is 214 g/mol. The lowest BCUT2D eigenvalue weighted by Crippen LogP contribution is -2.34. The molecule has 3 nitrogen and oxygen atoms in total. The van der Waals surface area contributed by atoms with Gasteiger partial charge in [0.25, 0.3) is 0 Å². The van der Waals surface area contributed by atoms with E-state index in [1.165, 1.54) is 16.7 Å². The zero-order chi connectivity index (χ0) is 11.7. The van der Waals surface area contributed by atoms with E-state index in [2.05, 4.69) is 17.1 Å². The van der Waals surface area contributed by atoms with Crippen LogP contribution in [0, 0.1) is 0 Å². The van der Waals surface area contributed by atoms with Crippen LogP contribution in [-0.4, -0.2) is 12.7 Å². The van der Waals surface area contributed by atoms with Crippen molar-refractivity contribution in [2.75, 3.05) is 6.61 Å². The number of rotatable bonds is 2. The highest BCUT2D eigenvalue weighted by Gasteiger charge is 2.40. The number of nitrogens with zero attached hydrogens (tertiary/aromatic N) is 1. The summed E-state index contributed by atoms with van der Waals surface area (Å²) in [5, 5.41) is 0. The van der Waals surface area contributed by atoms with Gasteiger partial charge in [0.2, 0.25) is 6.08 Å². The van der Waals surface area contributed by atoms with Crippen LogP contribution in [0.2, 0.25) is 0 Å². The molecule has 1 heterocycles. The van der Waals surface area contributed by atoms with Crippen molar-refractivity contribution in [2.24, 2.45) is 4.99 Å². The van der Waals surface area contributed by atoms with Gasteiger partial charge in [-0.3, -0.25) is 0 Å². The van der Waals surface area contributed by atoms with Crippen LogP contribution in [0.3, 0.4) is 0 Å². The Morgan fingerprint density at radius 2 is 2.24 bits per heavy atom. The Bertz CT molecular complexity index is 485. The van der Waals surface area contributed by atoms with Gasteiger partial charge in [0.05, 0.1) is 18.8 Å². The van der Waals surface area contributed by atoms with Gasteiger partial charge < -0.3 is 4.74 Å². The van der Waals surface area contributed by atoms with Crippen molar-refractivity contribution in [3.8, 4) is 0 Å². The highest BCUT2D eigenvalue weighted by atomic mass is 16.5. The molecule has 0 N–H and O–H groups in total. The molecule has 0 unspecified atom stereocenters. The first-order valence-corrected chi connectivity index (χ1v) is 6.14. The zero-order valence-electron chi connectivity index (χ0n) is 9.74. The van der Waals surface area contributed by atoms with Crippen LogP contribution in [0.4, 0.5) is 0 Å². The second-order valence-electron chi connectivity index (χ2n) is 4.83. The molecule has 0 aromatic heterocycles. The number of benzene rings is 1. The number of aliphatic imine (C=N–C) groups is 1. The van der Waals surface area contributed by atoms with Gasteiger partial charge >= 0.3 is 0 Å². The Morgan fingerprint density at radius 1 is 1.35 bits per heavy atom. The van der Waals surface area contributed by atoms with Crippen LogP contribution in [-0.2, 0) is 28.1 Å². The summed E-state index contributed by atoms with van der Waals surface area (Å²) >= 11 is 0. The summed E-state index contributed by atoms with van der Waals surface area (Å²) in [6, 6.07) is 6.27. The van der Waals surface area contributed by atoms with E-state index < -0.39 is 0 Å². The lowest BCUT2D eigenvalue weighted by Gasteiger charge is -2.39. The van der Waals surface area contributed by atoms with Crippen molar-refractivity contribution in [1.82, 2.24) is 0 Å². The Hall–Kier alpha value is -1.44. The number of ether oxygens (including phenoxy) is 1. The number of isocyanates is 1. The molecule has 1 aromatic carbocycles. The van der Waals surface area contributed by atoms with Gasteiger partial charge in [-0.2, -0.15) is 4.99 Å². The fraction of sp³-hybridized carbons (Fsp3) is 0.500. The maximum atomic E-state index is 10.6. The van der Waals surface area contributed by atoms with E-state index in [0.29, 0.717) is 6.61 Å². The largest absolute Gasteiger partial charge is 0.376 e. The molecule has 0 atom stereocenters. The minimum Gasteiger partial charge on any atom is -0.376 e. The molecule has 0 spiro atoms. The molecular formula is C14H15NO2. The molecule has 1 fully saturated rings. The quantitative estimate of drug-likeness (QED) is 0.577. The summed E-state index contributed by atoms with van der Waals surface area (Å²) in [5.41, 5.74) is 3.55. The number of fused-ring (bicyclic) bond motifs is 1. The first-order valence-electron chi connectivity index (χ1n) is 6.14. The third kappa shape index (κ3) is 1.63. The normalized spacial score (nSPS) is 20.9. The highest BCUT2D eigenvalue weighted by molar-refractivity contribution is 5.45. The van der Waals surface area contributed by atoms with Crippen LogP contribution in [0.5, 0.6) is 0 Å². The third-order valence-electron chi connectivity index (χ3n) is 3.97. The SMILES string of the molecule is O=C=NC1(c2cccc3c2CCOC3)CCC1. The van der Waals surface area contributed by atoms with Crippen LogP contribution in [0.25, 0.3) is 0 Å². The minimum atomic E-state index is -0.273. The van der Waals surface area contributed by atoms with Gasteiger partial charge in [0.15, 0.2) is 0 Å². The molecule has 0 amide bonds. The summed E-state index contributed by atoms with van der Waals surface area (Å²) < 4.78 is 5.47. The van der Waals surface area contributed by atoms with E-state index in [1.807, 2.05) is 6.07 Å². The number of hydrogen-bond donors (Lipinski definition) is 0. The fourth-order valence-corrected chi connectivity index (χ4v) is 2.90. The number of carbonyl (C=O) groups excluding carboxylic acids is 1. The maximum Gasteiger partial charge on any atom is 0.235 e. The summed E-state index contributed by atoms with van der Waals surface area (Å²) in [5.74, 6) is 0. The zero-order valence-corrected chi connectivity index (χ0v) is 9.74. The Kier molecular flexibility index (Phi) is 2.58. The minimum absolute atomic E-state index is 0.273. The molecule has 3 rings (SSSR count). The van der Waals surface area contributed by atoms with Gasteiger partial charge in [-0.1, -0.05) is 18.2 Å². The van der Waals surface area contributed by atoms with Crippen LogP contribution < -0.4 is 0 Å². The van der Waals surface area contributed by atoms with E-state index in [1.54, 1.807) is 6.08 Å². The van der Waals surface area contributed by atoms with Crippen LogP contribution in [0.15, 0.2) is 23.2 Å². The van der Waals surface area contributed by atoms with Gasteiger partial charge in [0, 0.05) is 0 Å². The molecule has 17 heavy (non-hydrogen) atoms. The van der Waals surface area contributed by atoms with Gasteiger partial charge in [-0.05, 0) is 42.4 Å². The average Bonchev–Trinajstić information content (AvgIpc) is 2.33. The second-order valence-corrected chi connectivity index (χ2v) is 4.83. The first kappa shape index (κ1) is 10.7. The molecule has 1 aliphatic heterocycles. The molecule has 2 aliphatic rings. The fourth-order valence-electron chi connectivity index (χ4n) is 2.90. The van der Waals surface area contributed by atoms with E-state index in [-0.39, 0.29) is 5.54 Å². The van der Waals surface area contributed by atoms with E-state index in [4.69, 9.17) is 4.74 Å². The molecule has 3 heteroatoms. The summed E-state index contributed by atoms with van der Waals surface area (Å²) in [7, 11) is 0. The van der Waals surface area contributed by atoms with Crippen molar-refractivity contribution in [2.45, 2.75) is 37.8 Å². The predicted octanol–water partition coefficient (Wildman–Crippen LogP) is 2.47. The Morgan fingerprint density at radius 3 is 2.94 bits per heavy atom. The van der Waals surface area contributed by atoms with E-state index >= 15 is 0 Å². The highest BCUT2D eigenvalue weighted by Crippen LogP contribution is 2.46. The molecule has 1 aromatic rings. The number of hydrogen-bond acceptors (Lipinski definition) is 3. The lowest BCUT2D eigenvalue weighted by molar-refractivity contribution is 0.109. The molecule has 1 saturated carbocycles. The van der Waals surface area contributed by atoms with E-state index in [0.717, 1.165) is 32.3 Å². The van der Waals surface area contributed by atoms with Crippen LogP contribution in [0.1, 0.15) is 36.0 Å². The first-order chi connectivity index (χ1) is 8.36. The van der Waals surface area contributed by atoms with Crippen molar-refractivity contribution in [3.63, 3.8) is 0 Å². The lowest BCUT2D eigenvalue weighted by atomic mass is 9.70. The third-order valence-corrected chi connectivity index (χ3v) is 3.97. The summed E-state index contributed by atoms with van der Waals surface area (Å²) in [4.78, 5) is 14.7. The topological polar surface area (TPSA) is 38.7 Å². The monoisotopic (exact) mass is 229 g/mol. The van der Waals surface area contributed by atoms with Crippen LogP contribution >= 0.6 is 0 Å². The van der Waals surface area contributed by atoms with Crippen molar-refractivity contribution >= 4 is 6.08 Å². The van der Waals surface area contributed by atoms with Gasteiger partial charge in [-0.25, -0.2) is 4.79 Å². The molecule has 88 valence electrons. The van der Waals surface area contributed by atoms with E-state index in [9.17, 15) is 4.79 Å². The smallest absolute Gasteiger partial charge is 0.235 e. The van der Waals surface area contributed by atoms with Gasteiger partial charge in [0.1, 0.15) is 0 Å². The Balaban J connectivity index is 2.10. The molecule has 1 aliphatic carbocycles.